The molecule has 1 amide bonds. The fourth-order valence-corrected chi connectivity index (χ4v) is 9.01. The number of primary amides is 1. The van der Waals surface area contributed by atoms with Gasteiger partial charge in [-0.1, -0.05) is 20.8 Å². The Labute approximate surface area is 172 Å². The normalized spacial score (nSPS) is 49.0. The topological polar surface area (TPSA) is 63.3 Å². The molecular formula is C25H43NO2. The van der Waals surface area contributed by atoms with Gasteiger partial charge in [-0.3, -0.25) is 4.79 Å². The summed E-state index contributed by atoms with van der Waals surface area (Å²) in [7, 11) is 0. The predicted octanol–water partition coefficient (Wildman–Crippen LogP) is 5.30. The number of amides is 1. The Hall–Kier alpha value is -0.570. The van der Waals surface area contributed by atoms with Crippen molar-refractivity contribution in [2.24, 2.45) is 52.1 Å². The van der Waals surface area contributed by atoms with Crippen LogP contribution in [-0.2, 0) is 4.79 Å². The summed E-state index contributed by atoms with van der Waals surface area (Å²) in [5.41, 5.74) is 6.34. The van der Waals surface area contributed by atoms with E-state index in [0.29, 0.717) is 23.2 Å². The average Bonchev–Trinajstić information content (AvgIpc) is 2.99. The van der Waals surface area contributed by atoms with Gasteiger partial charge in [0.2, 0.25) is 5.91 Å². The first-order valence-electron chi connectivity index (χ1n) is 12.2. The van der Waals surface area contributed by atoms with Gasteiger partial charge in [-0.05, 0) is 117 Å². The van der Waals surface area contributed by atoms with Gasteiger partial charge in [-0.15, -0.1) is 0 Å². The van der Waals surface area contributed by atoms with E-state index in [1.54, 1.807) is 0 Å². The number of fused-ring (bicyclic) bond motifs is 5. The molecule has 3 nitrogen and oxygen atoms in total. The van der Waals surface area contributed by atoms with Gasteiger partial charge in [0.05, 0.1) is 6.10 Å². The maximum Gasteiger partial charge on any atom is 0.217 e. The van der Waals surface area contributed by atoms with Crippen molar-refractivity contribution in [3.63, 3.8) is 0 Å². The Balaban J connectivity index is 1.47. The summed E-state index contributed by atoms with van der Waals surface area (Å²) in [6.45, 7) is 7.64. The second-order valence-corrected chi connectivity index (χ2v) is 11.6. The molecule has 0 aliphatic heterocycles. The van der Waals surface area contributed by atoms with E-state index < -0.39 is 0 Å². The van der Waals surface area contributed by atoms with Gasteiger partial charge >= 0.3 is 0 Å². The maximum absolute atomic E-state index is 11.1. The van der Waals surface area contributed by atoms with Gasteiger partial charge in [-0.25, -0.2) is 0 Å². The standard InChI is InChI=1S/C25H43NO2/c1-16(5-4-6-23(26)28)20-9-10-21-19-8-7-17-15-18(27)11-13-24(17,2)22(19)12-14-25(20,21)3/h16-22,27H,4-15H2,1-3H3,(H2,26,28)/t16-,17-,18-,19+,20+,21-,22+,24+,25-/m1/s1. The van der Waals surface area contributed by atoms with Gasteiger partial charge in [-0.2, -0.15) is 0 Å². The summed E-state index contributed by atoms with van der Waals surface area (Å²) in [4.78, 5) is 11.1. The van der Waals surface area contributed by atoms with Crippen molar-refractivity contribution in [3.05, 3.63) is 0 Å². The average molecular weight is 390 g/mol. The van der Waals surface area contributed by atoms with Crippen LogP contribution in [0.4, 0.5) is 0 Å². The molecule has 3 N–H and O–H groups in total. The lowest BCUT2D eigenvalue weighted by atomic mass is 9.44. The molecule has 4 fully saturated rings. The van der Waals surface area contributed by atoms with E-state index in [1.807, 2.05) is 0 Å². The quantitative estimate of drug-likeness (QED) is 0.670. The lowest BCUT2D eigenvalue weighted by Crippen LogP contribution is -2.54. The van der Waals surface area contributed by atoms with Gasteiger partial charge in [0.1, 0.15) is 0 Å². The number of aliphatic hydroxyl groups is 1. The molecule has 4 rings (SSSR count). The van der Waals surface area contributed by atoms with E-state index in [2.05, 4.69) is 20.8 Å². The third kappa shape index (κ3) is 3.34. The SMILES string of the molecule is C[C@H](CCCC(N)=O)[C@@H]1CC[C@@H]2[C@@H]3CC[C@@H]4C[C@H](O)CC[C@]4(C)[C@H]3CC[C@@]21C. The second-order valence-electron chi connectivity index (χ2n) is 11.6. The summed E-state index contributed by atoms with van der Waals surface area (Å²) in [5.74, 6) is 4.85. The minimum Gasteiger partial charge on any atom is -0.393 e. The smallest absolute Gasteiger partial charge is 0.217 e. The van der Waals surface area contributed by atoms with Gasteiger partial charge in [0, 0.05) is 6.42 Å². The first kappa shape index (κ1) is 20.7. The van der Waals surface area contributed by atoms with E-state index >= 15 is 0 Å². The number of nitrogens with two attached hydrogens (primary N) is 1. The van der Waals surface area contributed by atoms with E-state index in [1.165, 1.54) is 44.9 Å². The Morgan fingerprint density at radius 3 is 2.50 bits per heavy atom. The highest BCUT2D eigenvalue weighted by molar-refractivity contribution is 5.73. The van der Waals surface area contributed by atoms with Crippen LogP contribution in [0.1, 0.15) is 97.8 Å². The lowest BCUT2D eigenvalue weighted by molar-refractivity contribution is -0.129. The van der Waals surface area contributed by atoms with Crippen molar-refractivity contribution in [3.8, 4) is 0 Å². The van der Waals surface area contributed by atoms with Crippen LogP contribution in [0.15, 0.2) is 0 Å². The highest BCUT2D eigenvalue weighted by Gasteiger charge is 2.60. The van der Waals surface area contributed by atoms with E-state index in [9.17, 15) is 9.90 Å². The minimum absolute atomic E-state index is 0.0411. The van der Waals surface area contributed by atoms with Crippen molar-refractivity contribution >= 4 is 5.91 Å². The van der Waals surface area contributed by atoms with E-state index in [4.69, 9.17) is 5.73 Å². The fraction of sp³-hybridized carbons (Fsp3) is 0.960. The second kappa shape index (κ2) is 7.60. The molecule has 9 atom stereocenters. The molecule has 4 saturated carbocycles. The van der Waals surface area contributed by atoms with E-state index in [-0.39, 0.29) is 12.0 Å². The van der Waals surface area contributed by atoms with Crippen molar-refractivity contribution in [2.75, 3.05) is 0 Å². The molecule has 0 heterocycles. The number of hydrogen-bond acceptors (Lipinski definition) is 2. The number of hydrogen-bond donors (Lipinski definition) is 2. The third-order valence-corrected chi connectivity index (χ3v) is 10.5. The molecule has 0 aromatic heterocycles. The van der Waals surface area contributed by atoms with Crippen molar-refractivity contribution in [1.82, 2.24) is 0 Å². The molecule has 4 aliphatic carbocycles. The lowest BCUT2D eigenvalue weighted by Gasteiger charge is -2.61. The van der Waals surface area contributed by atoms with E-state index in [0.717, 1.165) is 55.3 Å². The Morgan fingerprint density at radius 2 is 1.75 bits per heavy atom. The summed E-state index contributed by atoms with van der Waals surface area (Å²) < 4.78 is 0. The summed E-state index contributed by atoms with van der Waals surface area (Å²) >= 11 is 0. The molecule has 160 valence electrons. The molecule has 0 bridgehead atoms. The first-order valence-corrected chi connectivity index (χ1v) is 12.2. The minimum atomic E-state index is -0.147. The number of rotatable bonds is 5. The Morgan fingerprint density at radius 1 is 1.04 bits per heavy atom. The number of carbonyl (C=O) groups is 1. The number of aliphatic hydroxyl groups excluding tert-OH is 1. The van der Waals surface area contributed by atoms with Crippen LogP contribution in [0, 0.1) is 46.3 Å². The molecule has 0 radical (unpaired) electrons. The highest BCUT2D eigenvalue weighted by Crippen LogP contribution is 2.68. The van der Waals surface area contributed by atoms with Crippen LogP contribution >= 0.6 is 0 Å². The van der Waals surface area contributed by atoms with Crippen LogP contribution < -0.4 is 5.73 Å². The molecule has 0 aromatic carbocycles. The predicted molar refractivity (Wildman–Crippen MR) is 113 cm³/mol. The van der Waals surface area contributed by atoms with Crippen molar-refractivity contribution < 1.29 is 9.90 Å². The Bertz CT molecular complexity index is 591. The zero-order valence-electron chi connectivity index (χ0n) is 18.5. The van der Waals surface area contributed by atoms with Crippen molar-refractivity contribution in [2.45, 2.75) is 104 Å². The molecule has 0 saturated heterocycles. The summed E-state index contributed by atoms with van der Waals surface area (Å²) in [6, 6.07) is 0. The number of carbonyl (C=O) groups excluding carboxylic acids is 1. The van der Waals surface area contributed by atoms with Crippen LogP contribution in [0.3, 0.4) is 0 Å². The summed E-state index contributed by atoms with van der Waals surface area (Å²) in [6.07, 6.45) is 14.3. The van der Waals surface area contributed by atoms with Gasteiger partial charge in [0.25, 0.3) is 0 Å². The third-order valence-electron chi connectivity index (χ3n) is 10.5. The van der Waals surface area contributed by atoms with Crippen molar-refractivity contribution in [1.29, 1.82) is 0 Å². The van der Waals surface area contributed by atoms with Crippen LogP contribution in [0.25, 0.3) is 0 Å². The first-order chi connectivity index (χ1) is 13.3. The summed E-state index contributed by atoms with van der Waals surface area (Å²) in [5, 5.41) is 10.2. The molecule has 3 heteroatoms. The molecule has 0 unspecified atom stereocenters. The largest absolute Gasteiger partial charge is 0.393 e. The molecule has 28 heavy (non-hydrogen) atoms. The van der Waals surface area contributed by atoms with Gasteiger partial charge < -0.3 is 10.8 Å². The fourth-order valence-electron chi connectivity index (χ4n) is 9.01. The Kier molecular flexibility index (Phi) is 5.61. The van der Waals surface area contributed by atoms with Crippen LogP contribution in [0.2, 0.25) is 0 Å². The monoisotopic (exact) mass is 389 g/mol. The van der Waals surface area contributed by atoms with Gasteiger partial charge in [0.15, 0.2) is 0 Å². The van der Waals surface area contributed by atoms with Crippen LogP contribution in [0.5, 0.6) is 0 Å². The molecular weight excluding hydrogens is 346 g/mol. The molecule has 0 spiro atoms. The highest BCUT2D eigenvalue weighted by atomic mass is 16.3. The van der Waals surface area contributed by atoms with Crippen LogP contribution in [-0.4, -0.2) is 17.1 Å². The maximum atomic E-state index is 11.1. The zero-order chi connectivity index (χ0) is 20.1. The molecule has 0 aromatic rings. The zero-order valence-corrected chi connectivity index (χ0v) is 18.5. The molecule has 4 aliphatic rings.